The van der Waals surface area contributed by atoms with Gasteiger partial charge in [-0.05, 0) is 56.9 Å². The predicted molar refractivity (Wildman–Crippen MR) is 87.3 cm³/mol. The van der Waals surface area contributed by atoms with Crippen molar-refractivity contribution < 1.29 is 9.18 Å². The Bertz CT molecular complexity index is 789. The Morgan fingerprint density at radius 2 is 2.08 bits per heavy atom. The number of hydrogen-bond donors (Lipinski definition) is 1. The van der Waals surface area contributed by atoms with Crippen LogP contribution in [0.3, 0.4) is 0 Å². The molecule has 1 aliphatic carbocycles. The molecular formula is C18H19FN4O. The first-order chi connectivity index (χ1) is 11.6. The zero-order valence-corrected chi connectivity index (χ0v) is 13.6. The molecule has 124 valence electrons. The Morgan fingerprint density at radius 1 is 1.38 bits per heavy atom. The SMILES string of the molecule is C[C@@H](CC#N)NC(=O)c1nn(-c2ccc(F)cc2)c2c1CCCC2. The predicted octanol–water partition coefficient (Wildman–Crippen LogP) is 2.92. The lowest BCUT2D eigenvalue weighted by Gasteiger charge is -2.14. The smallest absolute Gasteiger partial charge is 0.272 e. The number of carbonyl (C=O) groups excluding carboxylic acids is 1. The van der Waals surface area contributed by atoms with Crippen molar-refractivity contribution in [1.29, 1.82) is 5.26 Å². The van der Waals surface area contributed by atoms with E-state index in [1.165, 1.54) is 12.1 Å². The molecule has 0 fully saturated rings. The topological polar surface area (TPSA) is 70.7 Å². The highest BCUT2D eigenvalue weighted by Gasteiger charge is 2.26. The zero-order valence-electron chi connectivity index (χ0n) is 13.6. The normalized spacial score (nSPS) is 14.5. The van der Waals surface area contributed by atoms with Crippen LogP contribution in [0.25, 0.3) is 5.69 Å². The third-order valence-electron chi connectivity index (χ3n) is 4.24. The lowest BCUT2D eigenvalue weighted by molar-refractivity contribution is 0.0934. The van der Waals surface area contributed by atoms with Gasteiger partial charge in [0.05, 0.1) is 18.2 Å². The Labute approximate surface area is 140 Å². The number of aromatic nitrogens is 2. The van der Waals surface area contributed by atoms with Crippen molar-refractivity contribution >= 4 is 5.91 Å². The molecule has 0 bridgehead atoms. The molecule has 1 aliphatic rings. The second kappa shape index (κ2) is 6.83. The molecule has 0 saturated heterocycles. The molecule has 3 rings (SSSR count). The highest BCUT2D eigenvalue weighted by Crippen LogP contribution is 2.27. The minimum Gasteiger partial charge on any atom is -0.347 e. The van der Waals surface area contributed by atoms with Crippen LogP contribution >= 0.6 is 0 Å². The molecule has 1 amide bonds. The van der Waals surface area contributed by atoms with Gasteiger partial charge in [-0.1, -0.05) is 0 Å². The summed E-state index contributed by atoms with van der Waals surface area (Å²) in [5.74, 6) is -0.556. The van der Waals surface area contributed by atoms with E-state index >= 15 is 0 Å². The summed E-state index contributed by atoms with van der Waals surface area (Å²) in [5, 5.41) is 16.1. The molecule has 6 heteroatoms. The summed E-state index contributed by atoms with van der Waals surface area (Å²) >= 11 is 0. The fourth-order valence-electron chi connectivity index (χ4n) is 3.06. The van der Waals surface area contributed by atoms with Crippen molar-refractivity contribution in [2.24, 2.45) is 0 Å². The van der Waals surface area contributed by atoms with E-state index in [2.05, 4.69) is 10.4 Å². The maximum atomic E-state index is 13.2. The summed E-state index contributed by atoms with van der Waals surface area (Å²) in [6.45, 7) is 1.80. The zero-order chi connectivity index (χ0) is 17.1. The van der Waals surface area contributed by atoms with Gasteiger partial charge >= 0.3 is 0 Å². The number of hydrogen-bond acceptors (Lipinski definition) is 3. The second-order valence-electron chi connectivity index (χ2n) is 6.11. The van der Waals surface area contributed by atoms with Crippen molar-refractivity contribution in [3.8, 4) is 11.8 Å². The summed E-state index contributed by atoms with van der Waals surface area (Å²) in [6.07, 6.45) is 3.99. The monoisotopic (exact) mass is 326 g/mol. The Balaban J connectivity index is 1.97. The molecule has 5 nitrogen and oxygen atoms in total. The number of nitrogens with zero attached hydrogens (tertiary/aromatic N) is 3. The number of rotatable bonds is 4. The Kier molecular flexibility index (Phi) is 4.61. The Hall–Kier alpha value is -2.68. The van der Waals surface area contributed by atoms with E-state index in [1.54, 1.807) is 23.7 Å². The molecule has 0 radical (unpaired) electrons. The lowest BCUT2D eigenvalue weighted by Crippen LogP contribution is -2.33. The minimum absolute atomic E-state index is 0.224. The van der Waals surface area contributed by atoms with Gasteiger partial charge in [-0.25, -0.2) is 9.07 Å². The average Bonchev–Trinajstić information content (AvgIpc) is 2.95. The number of carbonyl (C=O) groups is 1. The first kappa shape index (κ1) is 16.2. The summed E-state index contributed by atoms with van der Waals surface area (Å²) in [6, 6.07) is 7.93. The van der Waals surface area contributed by atoms with Gasteiger partial charge in [-0.2, -0.15) is 10.4 Å². The van der Waals surface area contributed by atoms with Crippen LogP contribution in [0.2, 0.25) is 0 Å². The molecule has 1 N–H and O–H groups in total. The molecular weight excluding hydrogens is 307 g/mol. The standard InChI is InChI=1S/C18H19FN4O/c1-12(10-11-20)21-18(24)17-15-4-2-3-5-16(15)23(22-17)14-8-6-13(19)7-9-14/h6-9,12H,2-5,10H2,1H3,(H,21,24)/t12-/m0/s1. The average molecular weight is 326 g/mol. The maximum Gasteiger partial charge on any atom is 0.272 e. The van der Waals surface area contributed by atoms with Crippen molar-refractivity contribution in [3.63, 3.8) is 0 Å². The van der Waals surface area contributed by atoms with E-state index in [0.717, 1.165) is 42.6 Å². The van der Waals surface area contributed by atoms with E-state index < -0.39 is 0 Å². The van der Waals surface area contributed by atoms with Crippen molar-refractivity contribution in [3.05, 3.63) is 47.0 Å². The third-order valence-corrected chi connectivity index (χ3v) is 4.24. The fourth-order valence-corrected chi connectivity index (χ4v) is 3.06. The van der Waals surface area contributed by atoms with Crippen molar-refractivity contribution in [2.45, 2.75) is 45.1 Å². The van der Waals surface area contributed by atoms with Crippen LogP contribution in [0.5, 0.6) is 0 Å². The molecule has 0 unspecified atom stereocenters. The summed E-state index contributed by atoms with van der Waals surface area (Å²) in [4.78, 5) is 12.5. The molecule has 1 atom stereocenters. The highest BCUT2D eigenvalue weighted by molar-refractivity contribution is 5.94. The van der Waals surface area contributed by atoms with E-state index in [4.69, 9.17) is 5.26 Å². The van der Waals surface area contributed by atoms with Crippen LogP contribution in [-0.2, 0) is 12.8 Å². The van der Waals surface area contributed by atoms with Gasteiger partial charge in [0.2, 0.25) is 0 Å². The molecule has 1 aromatic carbocycles. The van der Waals surface area contributed by atoms with Gasteiger partial charge in [0.25, 0.3) is 5.91 Å². The maximum absolute atomic E-state index is 13.2. The van der Waals surface area contributed by atoms with Crippen LogP contribution in [0.4, 0.5) is 4.39 Å². The van der Waals surface area contributed by atoms with Crippen LogP contribution in [-0.4, -0.2) is 21.7 Å². The van der Waals surface area contributed by atoms with Gasteiger partial charge in [0.1, 0.15) is 5.82 Å². The molecule has 0 saturated carbocycles. The number of benzene rings is 1. The largest absolute Gasteiger partial charge is 0.347 e. The first-order valence-corrected chi connectivity index (χ1v) is 8.14. The summed E-state index contributed by atoms with van der Waals surface area (Å²) < 4.78 is 14.9. The number of fused-ring (bicyclic) bond motifs is 1. The molecule has 1 heterocycles. The fraction of sp³-hybridized carbons (Fsp3) is 0.389. The highest BCUT2D eigenvalue weighted by atomic mass is 19.1. The van der Waals surface area contributed by atoms with Crippen molar-refractivity contribution in [1.82, 2.24) is 15.1 Å². The van der Waals surface area contributed by atoms with Gasteiger partial charge < -0.3 is 5.32 Å². The Morgan fingerprint density at radius 3 is 2.79 bits per heavy atom. The van der Waals surface area contributed by atoms with Gasteiger partial charge in [-0.15, -0.1) is 0 Å². The summed E-state index contributed by atoms with van der Waals surface area (Å²) in [5.41, 5.74) is 3.15. The molecule has 2 aromatic rings. The first-order valence-electron chi connectivity index (χ1n) is 8.14. The van der Waals surface area contributed by atoms with Crippen LogP contribution in [0.15, 0.2) is 24.3 Å². The number of nitriles is 1. The van der Waals surface area contributed by atoms with Crippen LogP contribution in [0, 0.1) is 17.1 Å². The van der Waals surface area contributed by atoms with Gasteiger partial charge in [0, 0.05) is 17.3 Å². The molecule has 0 spiro atoms. The van der Waals surface area contributed by atoms with Crippen molar-refractivity contribution in [2.75, 3.05) is 0 Å². The van der Waals surface area contributed by atoms with E-state index in [-0.39, 0.29) is 24.2 Å². The van der Waals surface area contributed by atoms with Gasteiger partial charge in [0.15, 0.2) is 5.69 Å². The number of nitrogens with one attached hydrogen (secondary N) is 1. The number of amides is 1. The minimum atomic E-state index is -0.303. The van der Waals surface area contributed by atoms with E-state index in [1.807, 2.05) is 6.07 Å². The van der Waals surface area contributed by atoms with E-state index in [0.29, 0.717) is 5.69 Å². The third kappa shape index (κ3) is 3.16. The second-order valence-corrected chi connectivity index (χ2v) is 6.11. The van der Waals surface area contributed by atoms with Gasteiger partial charge in [-0.3, -0.25) is 4.79 Å². The molecule has 1 aromatic heterocycles. The number of halogens is 1. The molecule has 24 heavy (non-hydrogen) atoms. The van der Waals surface area contributed by atoms with Crippen LogP contribution in [0.1, 0.15) is 47.9 Å². The quantitative estimate of drug-likeness (QED) is 0.939. The summed E-state index contributed by atoms with van der Waals surface area (Å²) in [7, 11) is 0. The van der Waals surface area contributed by atoms with Crippen LogP contribution < -0.4 is 5.32 Å². The molecule has 0 aliphatic heterocycles. The van der Waals surface area contributed by atoms with E-state index in [9.17, 15) is 9.18 Å². The lowest BCUT2D eigenvalue weighted by atomic mass is 9.95.